The number of halogens is 2. The van der Waals surface area contributed by atoms with Crippen LogP contribution >= 0.6 is 23.2 Å². The number of hydrogen-bond donors (Lipinski definition) is 2. The molecule has 6 heteroatoms. The number of aromatic nitrogens is 1. The first-order valence-electron chi connectivity index (χ1n) is 7.11. The summed E-state index contributed by atoms with van der Waals surface area (Å²) in [7, 11) is 0. The van der Waals surface area contributed by atoms with E-state index in [-0.39, 0.29) is 11.8 Å². The summed E-state index contributed by atoms with van der Waals surface area (Å²) in [5.41, 5.74) is 1.43. The molecule has 1 aromatic carbocycles. The topological polar surface area (TPSA) is 54.0 Å². The molecule has 2 aromatic rings. The summed E-state index contributed by atoms with van der Waals surface area (Å²) in [6, 6.07) is 8.82. The monoisotopic (exact) mass is 335 g/mol. The Morgan fingerprint density at radius 2 is 2.00 bits per heavy atom. The zero-order chi connectivity index (χ0) is 15.5. The molecule has 1 fully saturated rings. The minimum absolute atomic E-state index is 0.0782. The van der Waals surface area contributed by atoms with Gasteiger partial charge in [-0.2, -0.15) is 0 Å². The molecule has 1 aliphatic carbocycles. The minimum atomic E-state index is 0.0782. The van der Waals surface area contributed by atoms with Gasteiger partial charge in [0.25, 0.3) is 0 Å². The van der Waals surface area contributed by atoms with Crippen molar-refractivity contribution in [2.75, 3.05) is 10.6 Å². The molecule has 114 valence electrons. The number of amides is 1. The molecule has 22 heavy (non-hydrogen) atoms. The van der Waals surface area contributed by atoms with Crippen molar-refractivity contribution < 1.29 is 4.79 Å². The molecule has 1 aliphatic rings. The van der Waals surface area contributed by atoms with Gasteiger partial charge in [0.15, 0.2) is 0 Å². The standard InChI is InChI=1S/C16H15Cl2N3O/c17-11-4-6-14(13(18)8-11)21-15-7-5-12(9-19-15)20-16(22)10-2-1-3-10/h4-10H,1-3H2,(H,19,21)(H,20,22). The number of nitrogens with one attached hydrogen (secondary N) is 2. The molecule has 3 rings (SSSR count). The quantitative estimate of drug-likeness (QED) is 0.837. The lowest BCUT2D eigenvalue weighted by Crippen LogP contribution is -2.28. The third kappa shape index (κ3) is 3.51. The van der Waals surface area contributed by atoms with Crippen molar-refractivity contribution >= 4 is 46.3 Å². The first kappa shape index (κ1) is 15.1. The van der Waals surface area contributed by atoms with Crippen LogP contribution in [-0.4, -0.2) is 10.9 Å². The Labute approximate surface area is 138 Å². The highest BCUT2D eigenvalue weighted by Gasteiger charge is 2.25. The van der Waals surface area contributed by atoms with Crippen LogP contribution in [0.5, 0.6) is 0 Å². The normalized spacial score (nSPS) is 14.3. The van der Waals surface area contributed by atoms with Crippen molar-refractivity contribution in [2.24, 2.45) is 5.92 Å². The summed E-state index contributed by atoms with van der Waals surface area (Å²) in [4.78, 5) is 16.1. The number of pyridine rings is 1. The van der Waals surface area contributed by atoms with Gasteiger partial charge in [0.05, 0.1) is 22.6 Å². The Kier molecular flexibility index (Phi) is 4.50. The van der Waals surface area contributed by atoms with Crippen LogP contribution in [0.2, 0.25) is 10.0 Å². The molecule has 0 spiro atoms. The van der Waals surface area contributed by atoms with E-state index < -0.39 is 0 Å². The molecule has 0 radical (unpaired) electrons. The van der Waals surface area contributed by atoms with Crippen molar-refractivity contribution in [1.29, 1.82) is 0 Å². The largest absolute Gasteiger partial charge is 0.339 e. The Balaban J connectivity index is 1.64. The van der Waals surface area contributed by atoms with E-state index in [4.69, 9.17) is 23.2 Å². The second-order valence-corrected chi connectivity index (χ2v) is 6.14. The average molecular weight is 336 g/mol. The fourth-order valence-electron chi connectivity index (χ4n) is 2.19. The second kappa shape index (κ2) is 6.55. The number of nitrogens with zero attached hydrogens (tertiary/aromatic N) is 1. The lowest BCUT2D eigenvalue weighted by Gasteiger charge is -2.23. The van der Waals surface area contributed by atoms with Gasteiger partial charge >= 0.3 is 0 Å². The molecule has 1 heterocycles. The van der Waals surface area contributed by atoms with Crippen LogP contribution in [0.15, 0.2) is 36.5 Å². The second-order valence-electron chi connectivity index (χ2n) is 5.30. The molecule has 0 saturated heterocycles. The summed E-state index contributed by atoms with van der Waals surface area (Å²) >= 11 is 12.0. The van der Waals surface area contributed by atoms with Crippen LogP contribution in [-0.2, 0) is 4.79 Å². The van der Waals surface area contributed by atoms with Gasteiger partial charge in [0.2, 0.25) is 5.91 Å². The van der Waals surface area contributed by atoms with Gasteiger partial charge in [0.1, 0.15) is 5.82 Å². The SMILES string of the molecule is O=C(Nc1ccc(Nc2ccc(Cl)cc2Cl)nc1)C1CCC1. The Bertz CT molecular complexity index is 684. The van der Waals surface area contributed by atoms with E-state index in [1.807, 2.05) is 6.07 Å². The molecular weight excluding hydrogens is 321 g/mol. The summed E-state index contributed by atoms with van der Waals surface area (Å²) < 4.78 is 0. The molecule has 2 N–H and O–H groups in total. The highest BCUT2D eigenvalue weighted by molar-refractivity contribution is 6.36. The summed E-state index contributed by atoms with van der Waals surface area (Å²) in [6.45, 7) is 0. The zero-order valence-electron chi connectivity index (χ0n) is 11.8. The van der Waals surface area contributed by atoms with Crippen molar-refractivity contribution in [3.63, 3.8) is 0 Å². The van der Waals surface area contributed by atoms with E-state index in [0.717, 1.165) is 24.9 Å². The molecular formula is C16H15Cl2N3O. The fraction of sp³-hybridized carbons (Fsp3) is 0.250. The van der Waals surface area contributed by atoms with Crippen LogP contribution in [0.1, 0.15) is 19.3 Å². The maximum absolute atomic E-state index is 11.9. The Morgan fingerprint density at radius 3 is 2.59 bits per heavy atom. The van der Waals surface area contributed by atoms with Crippen molar-refractivity contribution in [2.45, 2.75) is 19.3 Å². The molecule has 1 saturated carbocycles. The van der Waals surface area contributed by atoms with Gasteiger partial charge in [-0.3, -0.25) is 4.79 Å². The maximum atomic E-state index is 11.9. The van der Waals surface area contributed by atoms with Crippen LogP contribution in [0.3, 0.4) is 0 Å². The highest BCUT2D eigenvalue weighted by Crippen LogP contribution is 2.29. The number of anilines is 3. The van der Waals surface area contributed by atoms with E-state index in [2.05, 4.69) is 15.6 Å². The predicted octanol–water partition coefficient (Wildman–Crippen LogP) is 4.87. The van der Waals surface area contributed by atoms with Crippen molar-refractivity contribution in [3.8, 4) is 0 Å². The van der Waals surface area contributed by atoms with Crippen LogP contribution in [0.25, 0.3) is 0 Å². The van der Waals surface area contributed by atoms with Gasteiger partial charge in [-0.1, -0.05) is 29.6 Å². The van der Waals surface area contributed by atoms with E-state index in [1.165, 1.54) is 0 Å². The average Bonchev–Trinajstić information content (AvgIpc) is 2.42. The lowest BCUT2D eigenvalue weighted by molar-refractivity contribution is -0.122. The highest BCUT2D eigenvalue weighted by atomic mass is 35.5. The van der Waals surface area contributed by atoms with Gasteiger partial charge < -0.3 is 10.6 Å². The molecule has 0 unspecified atom stereocenters. The molecule has 0 aliphatic heterocycles. The van der Waals surface area contributed by atoms with E-state index in [0.29, 0.717) is 21.6 Å². The third-order valence-corrected chi connectivity index (χ3v) is 4.25. The number of carbonyl (C=O) groups excluding carboxylic acids is 1. The zero-order valence-corrected chi connectivity index (χ0v) is 13.3. The summed E-state index contributed by atoms with van der Waals surface area (Å²) in [5.74, 6) is 0.881. The third-order valence-electron chi connectivity index (χ3n) is 3.70. The Hall–Kier alpha value is -1.78. The van der Waals surface area contributed by atoms with Crippen molar-refractivity contribution in [3.05, 3.63) is 46.6 Å². The molecule has 4 nitrogen and oxygen atoms in total. The summed E-state index contributed by atoms with van der Waals surface area (Å²) in [5, 5.41) is 7.10. The van der Waals surface area contributed by atoms with Crippen molar-refractivity contribution in [1.82, 2.24) is 4.98 Å². The van der Waals surface area contributed by atoms with Gasteiger partial charge in [-0.25, -0.2) is 4.98 Å². The number of rotatable bonds is 4. The number of hydrogen-bond acceptors (Lipinski definition) is 3. The van der Waals surface area contributed by atoms with Gasteiger partial charge in [0, 0.05) is 10.9 Å². The maximum Gasteiger partial charge on any atom is 0.227 e. The molecule has 1 amide bonds. The molecule has 0 bridgehead atoms. The van der Waals surface area contributed by atoms with Crippen LogP contribution < -0.4 is 10.6 Å². The first-order valence-corrected chi connectivity index (χ1v) is 7.86. The van der Waals surface area contributed by atoms with E-state index in [9.17, 15) is 4.79 Å². The smallest absolute Gasteiger partial charge is 0.227 e. The predicted molar refractivity (Wildman–Crippen MR) is 90.0 cm³/mol. The van der Waals surface area contributed by atoms with Gasteiger partial charge in [-0.15, -0.1) is 0 Å². The number of benzene rings is 1. The Morgan fingerprint density at radius 1 is 1.18 bits per heavy atom. The van der Waals surface area contributed by atoms with E-state index in [1.54, 1.807) is 30.5 Å². The fourth-order valence-corrected chi connectivity index (χ4v) is 2.64. The summed E-state index contributed by atoms with van der Waals surface area (Å²) in [6.07, 6.45) is 4.73. The number of carbonyl (C=O) groups is 1. The molecule has 0 atom stereocenters. The molecule has 1 aromatic heterocycles. The lowest BCUT2D eigenvalue weighted by atomic mass is 9.85. The minimum Gasteiger partial charge on any atom is -0.339 e. The van der Waals surface area contributed by atoms with Gasteiger partial charge in [-0.05, 0) is 43.2 Å². The first-order chi connectivity index (χ1) is 10.6. The van der Waals surface area contributed by atoms with Crippen LogP contribution in [0.4, 0.5) is 17.2 Å². The van der Waals surface area contributed by atoms with Crippen LogP contribution in [0, 0.1) is 5.92 Å². The van der Waals surface area contributed by atoms with E-state index >= 15 is 0 Å².